The van der Waals surface area contributed by atoms with Gasteiger partial charge in [0.05, 0.1) is 18.8 Å². The standard InChI is InChI=1S/C13H27NO2/c1-11(2)16-10-9-14(3)8-7-12-5-4-6-13(12)15/h11-13,15H,4-10H2,1-3H3. The Bertz CT molecular complexity index is 185. The van der Waals surface area contributed by atoms with Crippen LogP contribution < -0.4 is 0 Å². The minimum atomic E-state index is -0.0414. The molecular weight excluding hydrogens is 202 g/mol. The summed E-state index contributed by atoms with van der Waals surface area (Å²) in [6.45, 7) is 7.00. The maximum atomic E-state index is 9.71. The number of likely N-dealkylation sites (N-methyl/N-ethyl adjacent to an activating group) is 1. The minimum Gasteiger partial charge on any atom is -0.393 e. The molecule has 1 aliphatic rings. The molecule has 3 heteroatoms. The maximum Gasteiger partial charge on any atom is 0.0596 e. The summed E-state index contributed by atoms with van der Waals surface area (Å²) in [6.07, 6.45) is 4.82. The summed E-state index contributed by atoms with van der Waals surface area (Å²) >= 11 is 0. The molecule has 0 aromatic carbocycles. The molecule has 0 radical (unpaired) electrons. The van der Waals surface area contributed by atoms with Crippen molar-refractivity contribution in [2.75, 3.05) is 26.7 Å². The Hall–Kier alpha value is -0.120. The summed E-state index contributed by atoms with van der Waals surface area (Å²) in [4.78, 5) is 2.30. The van der Waals surface area contributed by atoms with Crippen molar-refractivity contribution in [3.63, 3.8) is 0 Å². The second kappa shape index (κ2) is 7.25. The van der Waals surface area contributed by atoms with E-state index in [9.17, 15) is 5.11 Å². The first-order valence-corrected chi connectivity index (χ1v) is 6.58. The molecule has 1 fully saturated rings. The first kappa shape index (κ1) is 13.9. The normalized spacial score (nSPS) is 25.9. The van der Waals surface area contributed by atoms with E-state index in [0.29, 0.717) is 12.0 Å². The van der Waals surface area contributed by atoms with Crippen LogP contribution in [0, 0.1) is 5.92 Å². The highest BCUT2D eigenvalue weighted by Gasteiger charge is 2.24. The van der Waals surface area contributed by atoms with Crippen molar-refractivity contribution in [2.24, 2.45) is 5.92 Å². The third kappa shape index (κ3) is 5.28. The van der Waals surface area contributed by atoms with Crippen molar-refractivity contribution in [3.05, 3.63) is 0 Å². The van der Waals surface area contributed by atoms with Crippen LogP contribution in [-0.2, 0) is 4.74 Å². The van der Waals surface area contributed by atoms with Crippen LogP contribution in [0.4, 0.5) is 0 Å². The van der Waals surface area contributed by atoms with Gasteiger partial charge in [-0.2, -0.15) is 0 Å². The lowest BCUT2D eigenvalue weighted by atomic mass is 10.0. The van der Waals surface area contributed by atoms with Crippen molar-refractivity contribution in [1.82, 2.24) is 4.90 Å². The van der Waals surface area contributed by atoms with Gasteiger partial charge in [0.1, 0.15) is 0 Å². The summed E-state index contributed by atoms with van der Waals surface area (Å²) in [5, 5.41) is 9.71. The predicted octanol–water partition coefficient (Wildman–Crippen LogP) is 1.89. The topological polar surface area (TPSA) is 32.7 Å². The number of rotatable bonds is 7. The molecule has 0 aromatic rings. The van der Waals surface area contributed by atoms with E-state index < -0.39 is 0 Å². The van der Waals surface area contributed by atoms with Crippen LogP contribution in [0.15, 0.2) is 0 Å². The van der Waals surface area contributed by atoms with Gasteiger partial charge in [-0.05, 0) is 52.6 Å². The van der Waals surface area contributed by atoms with Crippen LogP contribution in [0.5, 0.6) is 0 Å². The van der Waals surface area contributed by atoms with Gasteiger partial charge in [-0.3, -0.25) is 0 Å². The Kier molecular flexibility index (Phi) is 6.32. The number of aliphatic hydroxyl groups is 1. The molecule has 1 rings (SSSR count). The van der Waals surface area contributed by atoms with Gasteiger partial charge in [0.15, 0.2) is 0 Å². The summed E-state index contributed by atoms with van der Waals surface area (Å²) in [5.74, 6) is 0.536. The van der Waals surface area contributed by atoms with Gasteiger partial charge < -0.3 is 14.7 Å². The van der Waals surface area contributed by atoms with Crippen molar-refractivity contribution < 1.29 is 9.84 Å². The van der Waals surface area contributed by atoms with Crippen LogP contribution in [0.1, 0.15) is 39.5 Å². The average Bonchev–Trinajstić information content (AvgIpc) is 2.60. The van der Waals surface area contributed by atoms with E-state index in [0.717, 1.165) is 32.5 Å². The van der Waals surface area contributed by atoms with Crippen molar-refractivity contribution in [2.45, 2.75) is 51.7 Å². The second-order valence-corrected chi connectivity index (χ2v) is 5.27. The molecule has 2 atom stereocenters. The molecule has 3 nitrogen and oxygen atoms in total. The molecule has 0 aliphatic heterocycles. The molecule has 1 N–H and O–H groups in total. The van der Waals surface area contributed by atoms with Crippen LogP contribution in [0.3, 0.4) is 0 Å². The van der Waals surface area contributed by atoms with E-state index in [1.165, 1.54) is 12.8 Å². The van der Waals surface area contributed by atoms with Gasteiger partial charge in [-0.15, -0.1) is 0 Å². The summed E-state index contributed by atoms with van der Waals surface area (Å²) < 4.78 is 5.51. The smallest absolute Gasteiger partial charge is 0.0596 e. The van der Waals surface area contributed by atoms with E-state index in [-0.39, 0.29) is 6.10 Å². The Balaban J connectivity index is 2.03. The molecule has 1 aliphatic carbocycles. The first-order chi connectivity index (χ1) is 7.59. The molecule has 0 amide bonds. The zero-order valence-electron chi connectivity index (χ0n) is 11.0. The second-order valence-electron chi connectivity index (χ2n) is 5.27. The number of aliphatic hydroxyl groups excluding tert-OH is 1. The minimum absolute atomic E-state index is 0.0414. The van der Waals surface area contributed by atoms with Crippen LogP contribution >= 0.6 is 0 Å². The molecule has 0 aromatic heterocycles. The molecule has 1 saturated carbocycles. The number of nitrogens with zero attached hydrogens (tertiary/aromatic N) is 1. The fourth-order valence-electron chi connectivity index (χ4n) is 2.30. The van der Waals surface area contributed by atoms with Crippen LogP contribution in [0.25, 0.3) is 0 Å². The lowest BCUT2D eigenvalue weighted by Crippen LogP contribution is -2.28. The molecule has 0 bridgehead atoms. The van der Waals surface area contributed by atoms with Gasteiger partial charge in [0.25, 0.3) is 0 Å². The third-order valence-electron chi connectivity index (χ3n) is 3.42. The molecule has 0 saturated heterocycles. The lowest BCUT2D eigenvalue weighted by Gasteiger charge is -2.21. The Morgan fingerprint density at radius 2 is 2.06 bits per heavy atom. The van der Waals surface area contributed by atoms with Gasteiger partial charge in [-0.1, -0.05) is 6.42 Å². The van der Waals surface area contributed by atoms with Crippen molar-refractivity contribution in [3.8, 4) is 0 Å². The van der Waals surface area contributed by atoms with E-state index in [2.05, 4.69) is 25.8 Å². The van der Waals surface area contributed by atoms with E-state index >= 15 is 0 Å². The van der Waals surface area contributed by atoms with E-state index in [1.54, 1.807) is 0 Å². The monoisotopic (exact) mass is 229 g/mol. The summed E-state index contributed by atoms with van der Waals surface area (Å²) in [6, 6.07) is 0. The van der Waals surface area contributed by atoms with Crippen LogP contribution in [0.2, 0.25) is 0 Å². The Morgan fingerprint density at radius 3 is 2.62 bits per heavy atom. The van der Waals surface area contributed by atoms with Crippen molar-refractivity contribution in [1.29, 1.82) is 0 Å². The Morgan fingerprint density at radius 1 is 1.31 bits per heavy atom. The van der Waals surface area contributed by atoms with Crippen LogP contribution in [-0.4, -0.2) is 49.0 Å². The molecule has 96 valence electrons. The summed E-state index contributed by atoms with van der Waals surface area (Å²) in [5.41, 5.74) is 0. The van der Waals surface area contributed by atoms with Gasteiger partial charge in [0.2, 0.25) is 0 Å². The van der Waals surface area contributed by atoms with Gasteiger partial charge in [-0.25, -0.2) is 0 Å². The maximum absolute atomic E-state index is 9.71. The summed E-state index contributed by atoms with van der Waals surface area (Å²) in [7, 11) is 2.13. The van der Waals surface area contributed by atoms with Crippen molar-refractivity contribution >= 4 is 0 Å². The number of hydrogen-bond donors (Lipinski definition) is 1. The number of hydrogen-bond acceptors (Lipinski definition) is 3. The molecular formula is C13H27NO2. The zero-order chi connectivity index (χ0) is 12.0. The first-order valence-electron chi connectivity index (χ1n) is 6.58. The van der Waals surface area contributed by atoms with E-state index in [4.69, 9.17) is 4.74 Å². The largest absolute Gasteiger partial charge is 0.393 e. The average molecular weight is 229 g/mol. The lowest BCUT2D eigenvalue weighted by molar-refractivity contribution is 0.0607. The molecule has 0 heterocycles. The van der Waals surface area contributed by atoms with E-state index in [1.807, 2.05) is 0 Å². The number of ether oxygens (including phenoxy) is 1. The van der Waals surface area contributed by atoms with Gasteiger partial charge in [0, 0.05) is 6.54 Å². The highest BCUT2D eigenvalue weighted by atomic mass is 16.5. The third-order valence-corrected chi connectivity index (χ3v) is 3.42. The fraction of sp³-hybridized carbons (Fsp3) is 1.00. The molecule has 2 unspecified atom stereocenters. The Labute approximate surface area is 99.8 Å². The highest BCUT2D eigenvalue weighted by molar-refractivity contribution is 4.77. The molecule has 0 spiro atoms. The quantitative estimate of drug-likeness (QED) is 0.723. The highest BCUT2D eigenvalue weighted by Crippen LogP contribution is 2.28. The van der Waals surface area contributed by atoms with Gasteiger partial charge >= 0.3 is 0 Å². The SMILES string of the molecule is CC(C)OCCN(C)CCC1CCCC1O. The predicted molar refractivity (Wildman–Crippen MR) is 66.5 cm³/mol. The molecule has 16 heavy (non-hydrogen) atoms. The zero-order valence-corrected chi connectivity index (χ0v) is 11.0. The fourth-order valence-corrected chi connectivity index (χ4v) is 2.30.